The average molecular weight is 378 g/mol. The Hall–Kier alpha value is -3.20. The van der Waals surface area contributed by atoms with Gasteiger partial charge in [0, 0.05) is 30.7 Å². The molecule has 4 rings (SSSR count). The Morgan fingerprint density at radius 3 is 2.29 bits per heavy atom. The third kappa shape index (κ3) is 3.61. The van der Waals surface area contributed by atoms with Crippen molar-refractivity contribution in [1.82, 2.24) is 29.9 Å². The lowest BCUT2D eigenvalue weighted by atomic mass is 10.1. The number of aromatic nitrogens is 6. The molecule has 3 aromatic rings. The molecule has 1 aliphatic heterocycles. The summed E-state index contributed by atoms with van der Waals surface area (Å²) in [6.07, 6.45) is 3.00. The summed E-state index contributed by atoms with van der Waals surface area (Å²) in [5.41, 5.74) is 0.965. The van der Waals surface area contributed by atoms with Gasteiger partial charge in [0.15, 0.2) is 11.6 Å². The van der Waals surface area contributed by atoms with E-state index in [0.29, 0.717) is 36.6 Å². The van der Waals surface area contributed by atoms with Crippen LogP contribution in [0.25, 0.3) is 11.4 Å². The lowest BCUT2D eigenvalue weighted by Gasteiger charge is -2.44. The largest absolute Gasteiger partial charge is 0.388 e. The smallest absolute Gasteiger partial charge is 0.229 e. The van der Waals surface area contributed by atoms with Crippen LogP contribution < -0.4 is 9.80 Å². The lowest BCUT2D eigenvalue weighted by Crippen LogP contribution is -2.58. The molecule has 0 saturated carbocycles. The number of hydrogen-bond donors (Lipinski definition) is 1. The van der Waals surface area contributed by atoms with Crippen LogP contribution in [0.1, 0.15) is 19.7 Å². The summed E-state index contributed by atoms with van der Waals surface area (Å²) in [6.45, 7) is 5.48. The number of rotatable bonds is 4. The summed E-state index contributed by atoms with van der Waals surface area (Å²) in [4.78, 5) is 30.3. The number of benzene rings is 1. The predicted octanol–water partition coefficient (Wildman–Crippen LogP) is 1.32. The van der Waals surface area contributed by atoms with Crippen LogP contribution in [0.4, 0.5) is 11.9 Å². The molecule has 144 valence electrons. The molecule has 9 nitrogen and oxygen atoms in total. The Kier molecular flexibility index (Phi) is 5.07. The Labute approximate surface area is 163 Å². The minimum Gasteiger partial charge on any atom is -0.388 e. The normalized spacial score (nSPS) is 19.7. The van der Waals surface area contributed by atoms with Crippen molar-refractivity contribution in [2.45, 2.75) is 32.5 Å². The van der Waals surface area contributed by atoms with Crippen molar-refractivity contribution >= 4 is 11.9 Å². The summed E-state index contributed by atoms with van der Waals surface area (Å²) >= 11 is 0. The molecule has 1 saturated heterocycles. The van der Waals surface area contributed by atoms with Crippen LogP contribution in [0.15, 0.2) is 43.0 Å². The molecule has 9 heteroatoms. The second-order valence-electron chi connectivity index (χ2n) is 6.85. The van der Waals surface area contributed by atoms with Crippen LogP contribution in [0.2, 0.25) is 0 Å². The SMILES string of the molecule is C[C@@H]1CN(c2ncnc(CO)n2)C[C@H](C)N1c1ncnc(-c2ccccc2)n1. The van der Waals surface area contributed by atoms with Crippen molar-refractivity contribution in [3.05, 3.63) is 48.8 Å². The van der Waals surface area contributed by atoms with Gasteiger partial charge in [-0.2, -0.15) is 9.97 Å². The standard InChI is InChI=1S/C19H22N8O/c1-13-8-26(18-22-11-20-16(10-28)24-18)9-14(2)27(13)19-23-12-21-17(25-19)15-6-4-3-5-7-15/h3-7,11-14,28H,8-10H2,1-2H3/t13-,14+. The van der Waals surface area contributed by atoms with E-state index in [-0.39, 0.29) is 18.7 Å². The fourth-order valence-electron chi connectivity index (χ4n) is 3.57. The van der Waals surface area contributed by atoms with Crippen molar-refractivity contribution in [3.8, 4) is 11.4 Å². The number of piperazine rings is 1. The number of aliphatic hydroxyl groups is 1. The molecular formula is C19H22N8O. The third-order valence-electron chi connectivity index (χ3n) is 4.77. The maximum Gasteiger partial charge on any atom is 0.229 e. The van der Waals surface area contributed by atoms with E-state index in [4.69, 9.17) is 4.98 Å². The highest BCUT2D eigenvalue weighted by Crippen LogP contribution is 2.24. The number of anilines is 2. The zero-order valence-corrected chi connectivity index (χ0v) is 15.8. The molecule has 0 amide bonds. The first kappa shape index (κ1) is 18.2. The van der Waals surface area contributed by atoms with Crippen molar-refractivity contribution in [2.75, 3.05) is 22.9 Å². The van der Waals surface area contributed by atoms with Gasteiger partial charge in [-0.1, -0.05) is 30.3 Å². The van der Waals surface area contributed by atoms with Crippen molar-refractivity contribution in [1.29, 1.82) is 0 Å². The van der Waals surface area contributed by atoms with Gasteiger partial charge in [0.05, 0.1) is 0 Å². The summed E-state index contributed by atoms with van der Waals surface area (Å²) in [5.74, 6) is 2.29. The Balaban J connectivity index is 1.57. The van der Waals surface area contributed by atoms with E-state index >= 15 is 0 Å². The first-order valence-corrected chi connectivity index (χ1v) is 9.22. The van der Waals surface area contributed by atoms with Crippen LogP contribution in [-0.2, 0) is 6.61 Å². The fourth-order valence-corrected chi connectivity index (χ4v) is 3.57. The summed E-state index contributed by atoms with van der Waals surface area (Å²) in [7, 11) is 0. The molecule has 0 spiro atoms. The van der Waals surface area contributed by atoms with Crippen LogP contribution in [0, 0.1) is 0 Å². The van der Waals surface area contributed by atoms with E-state index in [2.05, 4.69) is 48.6 Å². The van der Waals surface area contributed by atoms with E-state index in [0.717, 1.165) is 5.56 Å². The number of hydrogen-bond acceptors (Lipinski definition) is 9. The molecule has 3 heterocycles. The molecule has 1 aliphatic rings. The third-order valence-corrected chi connectivity index (χ3v) is 4.77. The van der Waals surface area contributed by atoms with Gasteiger partial charge in [0.2, 0.25) is 11.9 Å². The van der Waals surface area contributed by atoms with Gasteiger partial charge in [-0.05, 0) is 13.8 Å². The maximum absolute atomic E-state index is 9.27. The molecular weight excluding hydrogens is 356 g/mol. The Bertz CT molecular complexity index is 926. The first-order valence-electron chi connectivity index (χ1n) is 9.22. The topological polar surface area (TPSA) is 104 Å². The number of nitrogens with zero attached hydrogens (tertiary/aromatic N) is 8. The van der Waals surface area contributed by atoms with Gasteiger partial charge >= 0.3 is 0 Å². The highest BCUT2D eigenvalue weighted by Gasteiger charge is 2.32. The first-order chi connectivity index (χ1) is 13.7. The molecule has 1 aromatic carbocycles. The molecule has 0 radical (unpaired) electrons. The van der Waals surface area contributed by atoms with Crippen molar-refractivity contribution in [2.24, 2.45) is 0 Å². The predicted molar refractivity (Wildman–Crippen MR) is 105 cm³/mol. The van der Waals surface area contributed by atoms with E-state index in [1.165, 1.54) is 6.33 Å². The van der Waals surface area contributed by atoms with Crippen LogP contribution in [-0.4, -0.2) is 60.2 Å². The molecule has 1 N–H and O–H groups in total. The minimum absolute atomic E-state index is 0.143. The van der Waals surface area contributed by atoms with Crippen LogP contribution in [0.3, 0.4) is 0 Å². The molecule has 2 atom stereocenters. The monoisotopic (exact) mass is 378 g/mol. The quantitative estimate of drug-likeness (QED) is 0.719. The van der Waals surface area contributed by atoms with Crippen LogP contribution >= 0.6 is 0 Å². The lowest BCUT2D eigenvalue weighted by molar-refractivity contribution is 0.270. The molecule has 0 aliphatic carbocycles. The zero-order valence-electron chi connectivity index (χ0n) is 15.8. The van der Waals surface area contributed by atoms with E-state index < -0.39 is 0 Å². The Morgan fingerprint density at radius 1 is 0.893 bits per heavy atom. The van der Waals surface area contributed by atoms with Gasteiger partial charge in [-0.3, -0.25) is 0 Å². The Morgan fingerprint density at radius 2 is 1.57 bits per heavy atom. The van der Waals surface area contributed by atoms with Gasteiger partial charge in [-0.25, -0.2) is 19.9 Å². The minimum atomic E-state index is -0.201. The summed E-state index contributed by atoms with van der Waals surface area (Å²) in [6, 6.07) is 10.2. The van der Waals surface area contributed by atoms with E-state index in [9.17, 15) is 5.11 Å². The summed E-state index contributed by atoms with van der Waals surface area (Å²) in [5, 5.41) is 9.27. The maximum atomic E-state index is 9.27. The number of aliphatic hydroxyl groups excluding tert-OH is 1. The van der Waals surface area contributed by atoms with Gasteiger partial charge in [0.25, 0.3) is 0 Å². The molecule has 2 aromatic heterocycles. The van der Waals surface area contributed by atoms with E-state index in [1.54, 1.807) is 6.33 Å². The van der Waals surface area contributed by atoms with Crippen molar-refractivity contribution < 1.29 is 5.11 Å². The molecule has 28 heavy (non-hydrogen) atoms. The second kappa shape index (κ2) is 7.81. The highest BCUT2D eigenvalue weighted by molar-refractivity contribution is 5.56. The second-order valence-corrected chi connectivity index (χ2v) is 6.85. The zero-order chi connectivity index (χ0) is 19.5. The van der Waals surface area contributed by atoms with Crippen LogP contribution in [0.5, 0.6) is 0 Å². The average Bonchev–Trinajstić information content (AvgIpc) is 2.74. The van der Waals surface area contributed by atoms with E-state index in [1.807, 2.05) is 30.3 Å². The van der Waals surface area contributed by atoms with Gasteiger partial charge < -0.3 is 14.9 Å². The van der Waals surface area contributed by atoms with Crippen molar-refractivity contribution in [3.63, 3.8) is 0 Å². The van der Waals surface area contributed by atoms with Gasteiger partial charge in [0.1, 0.15) is 19.3 Å². The fraction of sp³-hybridized carbons (Fsp3) is 0.368. The summed E-state index contributed by atoms with van der Waals surface area (Å²) < 4.78 is 0. The molecule has 1 fully saturated rings. The molecule has 0 bridgehead atoms. The molecule has 0 unspecified atom stereocenters. The van der Waals surface area contributed by atoms with Gasteiger partial charge in [-0.15, -0.1) is 0 Å². The highest BCUT2D eigenvalue weighted by atomic mass is 16.3.